The maximum absolute atomic E-state index is 6.31. The van der Waals surface area contributed by atoms with Gasteiger partial charge in [0, 0.05) is 6.54 Å². The molecule has 0 radical (unpaired) electrons. The lowest BCUT2D eigenvalue weighted by atomic mass is 9.97. The van der Waals surface area contributed by atoms with Crippen molar-refractivity contribution in [3.63, 3.8) is 0 Å². The Labute approximate surface area is 111 Å². The van der Waals surface area contributed by atoms with Gasteiger partial charge in [-0.3, -0.25) is 0 Å². The average molecular weight is 247 g/mol. The number of nitrogens with one attached hydrogen (secondary N) is 1. The van der Waals surface area contributed by atoms with Gasteiger partial charge in [0.1, 0.15) is 0 Å². The summed E-state index contributed by atoms with van der Waals surface area (Å²) in [4.78, 5) is 0. The molecule has 100 valence electrons. The molecule has 0 heterocycles. The van der Waals surface area contributed by atoms with Gasteiger partial charge in [0.05, 0.1) is 12.2 Å². The molecular weight excluding hydrogens is 222 g/mol. The van der Waals surface area contributed by atoms with E-state index in [4.69, 9.17) is 4.74 Å². The molecule has 18 heavy (non-hydrogen) atoms. The Morgan fingerprint density at radius 1 is 1.28 bits per heavy atom. The Morgan fingerprint density at radius 3 is 2.72 bits per heavy atom. The summed E-state index contributed by atoms with van der Waals surface area (Å²) in [7, 11) is 1.99. The molecule has 1 N–H and O–H groups in total. The monoisotopic (exact) mass is 247 g/mol. The minimum Gasteiger partial charge on any atom is -0.369 e. The van der Waals surface area contributed by atoms with Crippen molar-refractivity contribution < 1.29 is 4.74 Å². The predicted octanol–water partition coefficient (Wildman–Crippen LogP) is 3.60. The second kappa shape index (κ2) is 6.91. The van der Waals surface area contributed by atoms with Gasteiger partial charge in [-0.1, -0.05) is 49.1 Å². The molecule has 0 spiro atoms. The van der Waals surface area contributed by atoms with Crippen LogP contribution in [0.3, 0.4) is 0 Å². The van der Waals surface area contributed by atoms with Crippen LogP contribution in [0, 0.1) is 6.92 Å². The van der Waals surface area contributed by atoms with Crippen molar-refractivity contribution in [2.24, 2.45) is 0 Å². The molecule has 0 saturated heterocycles. The summed E-state index contributed by atoms with van der Waals surface area (Å²) in [6, 6.07) is 8.68. The Bertz CT molecular complexity index is 358. The van der Waals surface area contributed by atoms with Crippen molar-refractivity contribution in [1.29, 1.82) is 0 Å². The summed E-state index contributed by atoms with van der Waals surface area (Å²) in [6.45, 7) is 3.03. The molecule has 1 aromatic rings. The number of hydrogen-bond donors (Lipinski definition) is 1. The maximum Gasteiger partial charge on any atom is 0.0952 e. The first-order chi connectivity index (χ1) is 8.79. The average Bonchev–Trinajstić information content (AvgIpc) is 2.39. The van der Waals surface area contributed by atoms with E-state index in [2.05, 4.69) is 36.5 Å². The van der Waals surface area contributed by atoms with Crippen LogP contribution in [-0.4, -0.2) is 19.7 Å². The summed E-state index contributed by atoms with van der Waals surface area (Å²) in [5.74, 6) is 0. The van der Waals surface area contributed by atoms with Gasteiger partial charge in [-0.15, -0.1) is 0 Å². The van der Waals surface area contributed by atoms with Crippen molar-refractivity contribution in [3.8, 4) is 0 Å². The zero-order valence-corrected chi connectivity index (χ0v) is 11.6. The molecule has 2 rings (SSSR count). The molecule has 1 aromatic carbocycles. The normalized spacial score (nSPS) is 18.8. The quantitative estimate of drug-likeness (QED) is 0.858. The van der Waals surface area contributed by atoms with Gasteiger partial charge >= 0.3 is 0 Å². The standard InChI is InChI=1S/C16H25NO/c1-13-7-6-8-14(11-13)16(12-17-2)18-15-9-4-3-5-10-15/h6-8,11,15-17H,3-5,9-10,12H2,1-2H3. The predicted molar refractivity (Wildman–Crippen MR) is 75.8 cm³/mol. The van der Waals surface area contributed by atoms with Gasteiger partial charge < -0.3 is 10.1 Å². The first kappa shape index (κ1) is 13.6. The number of rotatable bonds is 5. The van der Waals surface area contributed by atoms with Gasteiger partial charge in [-0.05, 0) is 32.4 Å². The summed E-state index contributed by atoms with van der Waals surface area (Å²) < 4.78 is 6.31. The molecule has 2 heteroatoms. The second-order valence-corrected chi connectivity index (χ2v) is 5.36. The van der Waals surface area contributed by atoms with Crippen LogP contribution in [0.4, 0.5) is 0 Å². The maximum atomic E-state index is 6.31. The van der Waals surface area contributed by atoms with Crippen LogP contribution in [0.1, 0.15) is 49.3 Å². The number of hydrogen-bond acceptors (Lipinski definition) is 2. The number of benzene rings is 1. The van der Waals surface area contributed by atoms with Crippen LogP contribution < -0.4 is 5.32 Å². The van der Waals surface area contributed by atoms with E-state index in [-0.39, 0.29) is 6.10 Å². The number of ether oxygens (including phenoxy) is 1. The minimum atomic E-state index is 0.193. The zero-order valence-electron chi connectivity index (χ0n) is 11.6. The molecule has 0 aliphatic heterocycles. The van der Waals surface area contributed by atoms with Gasteiger partial charge in [0.25, 0.3) is 0 Å². The Morgan fingerprint density at radius 2 is 2.06 bits per heavy atom. The van der Waals surface area contributed by atoms with Crippen molar-refractivity contribution in [3.05, 3.63) is 35.4 Å². The fourth-order valence-electron chi connectivity index (χ4n) is 2.73. The summed E-state index contributed by atoms with van der Waals surface area (Å²) >= 11 is 0. The third-order valence-corrected chi connectivity index (χ3v) is 3.71. The molecule has 1 unspecified atom stereocenters. The van der Waals surface area contributed by atoms with E-state index in [1.807, 2.05) is 7.05 Å². The van der Waals surface area contributed by atoms with Crippen LogP contribution in [0.15, 0.2) is 24.3 Å². The largest absolute Gasteiger partial charge is 0.369 e. The lowest BCUT2D eigenvalue weighted by Gasteiger charge is -2.28. The smallest absolute Gasteiger partial charge is 0.0952 e. The summed E-state index contributed by atoms with van der Waals surface area (Å²) in [5, 5.41) is 3.25. The molecule has 0 amide bonds. The SMILES string of the molecule is CNCC(OC1CCCCC1)c1cccc(C)c1. The lowest BCUT2D eigenvalue weighted by molar-refractivity contribution is -0.0298. The molecule has 1 saturated carbocycles. The summed E-state index contributed by atoms with van der Waals surface area (Å²) in [5.41, 5.74) is 2.61. The van der Waals surface area contributed by atoms with Gasteiger partial charge in [-0.2, -0.15) is 0 Å². The fourth-order valence-corrected chi connectivity index (χ4v) is 2.73. The first-order valence-electron chi connectivity index (χ1n) is 7.16. The topological polar surface area (TPSA) is 21.3 Å². The van der Waals surface area contributed by atoms with E-state index in [1.54, 1.807) is 0 Å². The Hall–Kier alpha value is -0.860. The van der Waals surface area contributed by atoms with Gasteiger partial charge in [0.15, 0.2) is 0 Å². The Kier molecular flexibility index (Phi) is 5.21. The van der Waals surface area contributed by atoms with Gasteiger partial charge in [0.2, 0.25) is 0 Å². The van der Waals surface area contributed by atoms with Crippen molar-refractivity contribution in [1.82, 2.24) is 5.32 Å². The fraction of sp³-hybridized carbons (Fsp3) is 0.625. The van der Waals surface area contributed by atoms with E-state index in [1.165, 1.54) is 43.2 Å². The highest BCUT2D eigenvalue weighted by Gasteiger charge is 2.20. The van der Waals surface area contributed by atoms with E-state index >= 15 is 0 Å². The van der Waals surface area contributed by atoms with E-state index in [0.717, 1.165) is 6.54 Å². The molecule has 1 aliphatic rings. The van der Waals surface area contributed by atoms with Crippen LogP contribution in [-0.2, 0) is 4.74 Å². The van der Waals surface area contributed by atoms with Crippen molar-refractivity contribution in [2.45, 2.75) is 51.2 Å². The van der Waals surface area contributed by atoms with Crippen LogP contribution in [0.5, 0.6) is 0 Å². The lowest BCUT2D eigenvalue weighted by Crippen LogP contribution is -2.26. The second-order valence-electron chi connectivity index (χ2n) is 5.36. The first-order valence-corrected chi connectivity index (χ1v) is 7.16. The molecular formula is C16H25NO. The van der Waals surface area contributed by atoms with Crippen molar-refractivity contribution in [2.75, 3.05) is 13.6 Å². The van der Waals surface area contributed by atoms with Gasteiger partial charge in [-0.25, -0.2) is 0 Å². The molecule has 0 aromatic heterocycles. The summed E-state index contributed by atoms with van der Waals surface area (Å²) in [6.07, 6.45) is 7.13. The van der Waals surface area contributed by atoms with E-state index in [9.17, 15) is 0 Å². The molecule has 1 aliphatic carbocycles. The minimum absolute atomic E-state index is 0.193. The number of likely N-dealkylation sites (N-methyl/N-ethyl adjacent to an activating group) is 1. The van der Waals surface area contributed by atoms with Crippen LogP contribution in [0.25, 0.3) is 0 Å². The molecule has 2 nitrogen and oxygen atoms in total. The third kappa shape index (κ3) is 3.82. The molecule has 1 atom stereocenters. The van der Waals surface area contributed by atoms with E-state index in [0.29, 0.717) is 6.10 Å². The zero-order chi connectivity index (χ0) is 12.8. The van der Waals surface area contributed by atoms with Crippen LogP contribution in [0.2, 0.25) is 0 Å². The molecule has 0 bridgehead atoms. The van der Waals surface area contributed by atoms with Crippen molar-refractivity contribution >= 4 is 0 Å². The molecule has 1 fully saturated rings. The number of aryl methyl sites for hydroxylation is 1. The third-order valence-electron chi connectivity index (χ3n) is 3.71. The van der Waals surface area contributed by atoms with E-state index < -0.39 is 0 Å². The highest BCUT2D eigenvalue weighted by molar-refractivity contribution is 5.24. The highest BCUT2D eigenvalue weighted by atomic mass is 16.5. The Balaban J connectivity index is 2.02. The highest BCUT2D eigenvalue weighted by Crippen LogP contribution is 2.27. The van der Waals surface area contributed by atoms with Crippen LogP contribution >= 0.6 is 0 Å².